The summed E-state index contributed by atoms with van der Waals surface area (Å²) < 4.78 is 2.90. The second kappa shape index (κ2) is 8.99. The van der Waals surface area contributed by atoms with Gasteiger partial charge in [0, 0.05) is 31.4 Å². The van der Waals surface area contributed by atoms with E-state index < -0.39 is 10.8 Å². The lowest BCUT2D eigenvalue weighted by atomic mass is 10.3. The molecule has 2 aromatic heterocycles. The van der Waals surface area contributed by atoms with Crippen LogP contribution in [0.3, 0.4) is 0 Å². The molecular weight excluding hydrogens is 390 g/mol. The number of amides is 2. The molecule has 0 aliphatic carbocycles. The molecule has 0 saturated heterocycles. The van der Waals surface area contributed by atoms with Crippen molar-refractivity contribution in [2.24, 2.45) is 0 Å². The summed E-state index contributed by atoms with van der Waals surface area (Å²) in [5, 5.41) is 24.6. The number of para-hydroxylation sites is 1. The third-order valence-electron chi connectivity index (χ3n) is 4.29. The number of benzene rings is 1. The molecule has 30 heavy (non-hydrogen) atoms. The van der Waals surface area contributed by atoms with Crippen molar-refractivity contribution in [3.05, 3.63) is 64.2 Å². The Morgan fingerprint density at radius 2 is 1.83 bits per heavy atom. The van der Waals surface area contributed by atoms with Gasteiger partial charge in [-0.3, -0.25) is 29.1 Å². The van der Waals surface area contributed by atoms with Crippen molar-refractivity contribution in [3.8, 4) is 0 Å². The van der Waals surface area contributed by atoms with Gasteiger partial charge in [0.2, 0.25) is 5.91 Å². The van der Waals surface area contributed by atoms with Crippen LogP contribution in [0.1, 0.15) is 29.5 Å². The summed E-state index contributed by atoms with van der Waals surface area (Å²) in [6.45, 7) is 4.08. The lowest BCUT2D eigenvalue weighted by Gasteiger charge is -2.06. The predicted octanol–water partition coefficient (Wildman–Crippen LogP) is 2.60. The van der Waals surface area contributed by atoms with Crippen LogP contribution in [0.25, 0.3) is 0 Å². The van der Waals surface area contributed by atoms with Crippen LogP contribution >= 0.6 is 0 Å². The van der Waals surface area contributed by atoms with Gasteiger partial charge in [-0.1, -0.05) is 18.2 Å². The Morgan fingerprint density at radius 1 is 1.10 bits per heavy atom. The van der Waals surface area contributed by atoms with Crippen molar-refractivity contribution in [3.63, 3.8) is 0 Å². The molecule has 0 bridgehead atoms. The highest BCUT2D eigenvalue weighted by Gasteiger charge is 2.20. The molecule has 0 saturated carbocycles. The first kappa shape index (κ1) is 20.7. The number of anilines is 2. The lowest BCUT2D eigenvalue weighted by molar-refractivity contribution is -0.385. The third-order valence-corrected chi connectivity index (χ3v) is 4.29. The number of aryl methyl sites for hydroxylation is 3. The van der Waals surface area contributed by atoms with E-state index in [1.807, 2.05) is 13.0 Å². The van der Waals surface area contributed by atoms with E-state index in [4.69, 9.17) is 0 Å². The van der Waals surface area contributed by atoms with E-state index in [0.29, 0.717) is 12.2 Å². The van der Waals surface area contributed by atoms with Crippen LogP contribution in [-0.2, 0) is 17.9 Å². The van der Waals surface area contributed by atoms with Crippen molar-refractivity contribution < 1.29 is 14.5 Å². The van der Waals surface area contributed by atoms with E-state index >= 15 is 0 Å². The normalized spacial score (nSPS) is 10.6. The fourth-order valence-electron chi connectivity index (χ4n) is 2.78. The quantitative estimate of drug-likeness (QED) is 0.432. The van der Waals surface area contributed by atoms with Gasteiger partial charge < -0.3 is 10.6 Å². The second-order valence-corrected chi connectivity index (χ2v) is 6.49. The van der Waals surface area contributed by atoms with Crippen LogP contribution in [-0.4, -0.2) is 36.3 Å². The molecule has 0 aliphatic heterocycles. The minimum Gasteiger partial charge on any atom is -0.323 e. The maximum Gasteiger partial charge on any atom is 0.309 e. The van der Waals surface area contributed by atoms with Crippen molar-refractivity contribution in [2.45, 2.75) is 33.4 Å². The Morgan fingerprint density at radius 3 is 2.47 bits per heavy atom. The number of hydrogen-bond donors (Lipinski definition) is 2. The average Bonchev–Trinajstić information content (AvgIpc) is 3.30. The first-order chi connectivity index (χ1) is 14.4. The molecular formula is C19H21N7O4. The van der Waals surface area contributed by atoms with Crippen LogP contribution in [0.4, 0.5) is 17.1 Å². The number of nitrogens with one attached hydrogen (secondary N) is 2. The third kappa shape index (κ3) is 4.87. The first-order valence-electron chi connectivity index (χ1n) is 9.29. The van der Waals surface area contributed by atoms with Gasteiger partial charge in [0.05, 0.1) is 10.6 Å². The highest BCUT2D eigenvalue weighted by atomic mass is 16.6. The van der Waals surface area contributed by atoms with Crippen molar-refractivity contribution in [1.29, 1.82) is 0 Å². The summed E-state index contributed by atoms with van der Waals surface area (Å²) >= 11 is 0. The second-order valence-electron chi connectivity index (χ2n) is 6.49. The summed E-state index contributed by atoms with van der Waals surface area (Å²) in [5.41, 5.74) is 1.18. The van der Waals surface area contributed by atoms with E-state index in [-0.39, 0.29) is 41.6 Å². The Bertz CT molecular complexity index is 1070. The molecule has 0 radical (unpaired) electrons. The first-order valence-corrected chi connectivity index (χ1v) is 9.29. The number of aromatic nitrogens is 4. The average molecular weight is 411 g/mol. The van der Waals surface area contributed by atoms with Gasteiger partial charge in [-0.2, -0.15) is 10.2 Å². The molecule has 156 valence electrons. The van der Waals surface area contributed by atoms with E-state index in [1.54, 1.807) is 35.1 Å². The SMILES string of the molecule is CCn1cc(NC(=O)CCn2cc([N+](=O)[O-])c(C)n2)c(C(=O)Nc2ccccc2)n1. The van der Waals surface area contributed by atoms with E-state index in [0.717, 1.165) is 0 Å². The molecule has 2 heterocycles. The Balaban J connectivity index is 1.67. The van der Waals surface area contributed by atoms with E-state index in [1.165, 1.54) is 17.8 Å². The largest absolute Gasteiger partial charge is 0.323 e. The molecule has 0 aliphatic rings. The maximum atomic E-state index is 12.6. The van der Waals surface area contributed by atoms with Crippen LogP contribution in [0, 0.1) is 17.0 Å². The lowest BCUT2D eigenvalue weighted by Crippen LogP contribution is -2.19. The number of carbonyl (C=O) groups excluding carboxylic acids is 2. The smallest absolute Gasteiger partial charge is 0.309 e. The van der Waals surface area contributed by atoms with Gasteiger partial charge in [0.1, 0.15) is 11.9 Å². The molecule has 0 atom stereocenters. The molecule has 1 aromatic carbocycles. The zero-order valence-electron chi connectivity index (χ0n) is 16.5. The Hall–Kier alpha value is -4.02. The van der Waals surface area contributed by atoms with Crippen LogP contribution in [0.15, 0.2) is 42.7 Å². The van der Waals surface area contributed by atoms with Crippen molar-refractivity contribution >= 4 is 28.9 Å². The summed E-state index contributed by atoms with van der Waals surface area (Å²) in [5.74, 6) is -0.808. The predicted molar refractivity (Wildman–Crippen MR) is 109 cm³/mol. The Kier molecular flexibility index (Phi) is 6.20. The summed E-state index contributed by atoms with van der Waals surface area (Å²) in [4.78, 5) is 35.4. The molecule has 2 amide bonds. The number of hydrogen-bond acceptors (Lipinski definition) is 6. The Labute approximate surface area is 171 Å². The van der Waals surface area contributed by atoms with Gasteiger partial charge in [0.25, 0.3) is 5.91 Å². The van der Waals surface area contributed by atoms with Gasteiger partial charge in [-0.05, 0) is 26.0 Å². The molecule has 2 N–H and O–H groups in total. The maximum absolute atomic E-state index is 12.6. The van der Waals surface area contributed by atoms with Gasteiger partial charge >= 0.3 is 5.69 Å². The highest BCUT2D eigenvalue weighted by Crippen LogP contribution is 2.18. The molecule has 0 spiro atoms. The van der Waals surface area contributed by atoms with Gasteiger partial charge in [-0.15, -0.1) is 0 Å². The number of nitrogens with zero attached hydrogens (tertiary/aromatic N) is 5. The summed E-state index contributed by atoms with van der Waals surface area (Å²) in [7, 11) is 0. The fourth-order valence-corrected chi connectivity index (χ4v) is 2.78. The van der Waals surface area contributed by atoms with Crippen LogP contribution in [0.5, 0.6) is 0 Å². The zero-order valence-corrected chi connectivity index (χ0v) is 16.5. The monoisotopic (exact) mass is 411 g/mol. The zero-order chi connectivity index (χ0) is 21.7. The molecule has 0 fully saturated rings. The van der Waals surface area contributed by atoms with Crippen LogP contribution in [0.2, 0.25) is 0 Å². The number of rotatable bonds is 8. The van der Waals surface area contributed by atoms with Crippen molar-refractivity contribution in [2.75, 3.05) is 10.6 Å². The standard InChI is InChI=1S/C19H21N7O4/c1-3-24-11-15(18(23-24)19(28)20-14-7-5-4-6-8-14)21-17(27)9-10-25-12-16(26(29)30)13(2)22-25/h4-8,11-12H,3,9-10H2,1-2H3,(H,20,28)(H,21,27). The molecule has 0 unspecified atom stereocenters. The number of nitro groups is 1. The van der Waals surface area contributed by atoms with Crippen LogP contribution < -0.4 is 10.6 Å². The highest BCUT2D eigenvalue weighted by molar-refractivity contribution is 6.08. The number of carbonyl (C=O) groups is 2. The molecule has 11 heteroatoms. The minimum atomic E-state index is -0.518. The molecule has 11 nitrogen and oxygen atoms in total. The van der Waals surface area contributed by atoms with Gasteiger partial charge in [-0.25, -0.2) is 0 Å². The topological polar surface area (TPSA) is 137 Å². The van der Waals surface area contributed by atoms with Gasteiger partial charge in [0.15, 0.2) is 5.69 Å². The van der Waals surface area contributed by atoms with E-state index in [9.17, 15) is 19.7 Å². The summed E-state index contributed by atoms with van der Waals surface area (Å²) in [6, 6.07) is 8.92. The minimum absolute atomic E-state index is 0.0231. The van der Waals surface area contributed by atoms with E-state index in [2.05, 4.69) is 20.8 Å². The fraction of sp³-hybridized carbons (Fsp3) is 0.263. The molecule has 3 aromatic rings. The summed E-state index contributed by atoms with van der Waals surface area (Å²) in [6.07, 6.45) is 2.90. The van der Waals surface area contributed by atoms with Crippen molar-refractivity contribution in [1.82, 2.24) is 19.6 Å². The molecule has 3 rings (SSSR count).